The molecule has 49 heavy (non-hydrogen) atoms. The molecule has 0 aliphatic rings. The Bertz CT molecular complexity index is 1150. The zero-order chi connectivity index (χ0) is 35.8. The number of hydrogen-bond acceptors (Lipinski definition) is 11. The average molecular weight is 698 g/mol. The van der Waals surface area contributed by atoms with Gasteiger partial charge < -0.3 is 59.6 Å². The number of aliphatic hydroxyl groups is 4. The van der Waals surface area contributed by atoms with Crippen LogP contribution in [-0.2, 0) is 28.5 Å². The number of aliphatic hydroxyl groups excluding tert-OH is 2. The number of ketones is 2. The number of ether oxygens (including phenoxy) is 8. The summed E-state index contributed by atoms with van der Waals surface area (Å²) >= 11 is 0. The molecule has 276 valence electrons. The first-order valence-corrected chi connectivity index (χ1v) is 16.5. The van der Waals surface area contributed by atoms with E-state index in [4.69, 9.17) is 49.1 Å². The summed E-state index contributed by atoms with van der Waals surface area (Å²) in [6.07, 6.45) is 10.1. The molecule has 14 heteroatoms. The number of benzene rings is 1. The van der Waals surface area contributed by atoms with Crippen LogP contribution in [0.4, 0.5) is 0 Å². The smallest absolute Gasteiger partial charge is 0.324 e. The Kier molecular flexibility index (Phi) is 27.0. The maximum atomic E-state index is 12.5. The van der Waals surface area contributed by atoms with Crippen LogP contribution < -0.4 is 20.9 Å². The Balaban J connectivity index is 2.68. The highest BCUT2D eigenvalue weighted by molar-refractivity contribution is 6.10. The van der Waals surface area contributed by atoms with Gasteiger partial charge in [0.15, 0.2) is 23.9 Å². The van der Waals surface area contributed by atoms with Crippen LogP contribution in [0.25, 0.3) is 6.08 Å². The molecule has 0 unspecified atom stereocenters. The number of carbonyl (C=O) groups excluding carboxylic acids is 2. The molecule has 14 nitrogen and oxygen atoms in total. The lowest BCUT2D eigenvalue weighted by molar-refractivity contribution is -0.370. The molecule has 0 atom stereocenters. The minimum absolute atomic E-state index is 0.0301. The molecule has 0 aromatic heterocycles. The molecule has 0 radical (unpaired) electrons. The molecule has 1 rings (SSSR count). The van der Waals surface area contributed by atoms with Crippen molar-refractivity contribution in [1.29, 1.82) is 0 Å². The summed E-state index contributed by atoms with van der Waals surface area (Å²) < 4.78 is 43.2. The zero-order valence-corrected chi connectivity index (χ0v) is 28.8. The Labute approximate surface area is 289 Å². The van der Waals surface area contributed by atoms with Crippen LogP contribution in [0, 0.1) is 0 Å². The standard InChI is InChI=1S/C35H54N2O12/c1-2-32(46-15-11-36)33(48-25-23-44-21-19-42-17-13-38)6-4-3-5-30(40)28-31(41)9-7-29-8-10-34(47-16-12-37)35(27-29)49-26-24-45-22-20-43-18-14-39/h2-3,5-10,27,38-39H,4,11-26,28,36-37H2,1H3/p+3/b5-3+,9-7+,32-2+,33-6+. The van der Waals surface area contributed by atoms with E-state index in [9.17, 15) is 9.59 Å². The van der Waals surface area contributed by atoms with Crippen LogP contribution in [0.1, 0.15) is 25.3 Å². The first-order chi connectivity index (χ1) is 24.0. The molecule has 0 fully saturated rings. The molecule has 0 bridgehead atoms. The van der Waals surface area contributed by atoms with E-state index in [-0.39, 0.29) is 57.6 Å². The second kappa shape index (κ2) is 30.5. The van der Waals surface area contributed by atoms with Crippen molar-refractivity contribution >= 4 is 17.6 Å². The maximum Gasteiger partial charge on any atom is 0.324 e. The minimum atomic E-state index is -0.267. The van der Waals surface area contributed by atoms with Gasteiger partial charge in [0.25, 0.3) is 5.76 Å². The molecule has 0 heterocycles. The molecular weight excluding hydrogens is 640 g/mol. The predicted octanol–water partition coefficient (Wildman–Crippen LogP) is 0.492. The number of carbonyl (C=O) groups is 1. The quantitative estimate of drug-likeness (QED) is 0.0203. The molecule has 0 spiro atoms. The third-order valence-electron chi connectivity index (χ3n) is 6.06. The van der Waals surface area contributed by atoms with E-state index < -0.39 is 0 Å². The SMILES string of the molecule is C/C=C([OH+]CCN)\C(=C/C/C=C/C(=O)CC(=[OH+])/C=C/c1ccc(OCC[NH3+])c(OCCOCCOCCO)c1)OCCOCCOCCO. The first kappa shape index (κ1) is 43.4. The molecule has 0 saturated heterocycles. The van der Waals surface area contributed by atoms with Gasteiger partial charge in [-0.1, -0.05) is 12.1 Å². The first-order valence-electron chi connectivity index (χ1n) is 16.5. The summed E-state index contributed by atoms with van der Waals surface area (Å²) in [4.78, 5) is 22.9. The van der Waals surface area contributed by atoms with Crippen molar-refractivity contribution in [1.82, 2.24) is 0 Å². The molecule has 9 N–H and O–H groups in total. The van der Waals surface area contributed by atoms with Crippen molar-refractivity contribution in [3.05, 3.63) is 65.7 Å². The number of hydrogen-bond donors (Lipinski definition) is 4. The van der Waals surface area contributed by atoms with Gasteiger partial charge in [-0.25, -0.2) is 0 Å². The summed E-state index contributed by atoms with van der Waals surface area (Å²) in [6.45, 7) is 6.98. The largest absolute Gasteiger partial charge is 0.579 e. The fraction of sp³-hybridized carbons (Fsp3) is 0.543. The van der Waals surface area contributed by atoms with Crippen molar-refractivity contribution in [2.45, 2.75) is 19.8 Å². The van der Waals surface area contributed by atoms with E-state index in [0.717, 1.165) is 5.56 Å². The van der Waals surface area contributed by atoms with Gasteiger partial charge in [-0.05, 0) is 49.3 Å². The fourth-order valence-electron chi connectivity index (χ4n) is 3.83. The molecule has 1 aromatic rings. The van der Waals surface area contributed by atoms with Crippen LogP contribution in [0.3, 0.4) is 0 Å². The lowest BCUT2D eigenvalue weighted by Gasteiger charge is -2.13. The summed E-state index contributed by atoms with van der Waals surface area (Å²) in [5.41, 5.74) is 10.1. The van der Waals surface area contributed by atoms with Gasteiger partial charge >= 0.3 is 5.78 Å². The van der Waals surface area contributed by atoms with Crippen LogP contribution in [0.2, 0.25) is 0 Å². The Morgan fingerprint density at radius 2 is 1.51 bits per heavy atom. The second-order valence-corrected chi connectivity index (χ2v) is 10.0. The van der Waals surface area contributed by atoms with Gasteiger partial charge in [-0.15, -0.1) is 0 Å². The van der Waals surface area contributed by atoms with Crippen LogP contribution in [0.5, 0.6) is 11.5 Å². The Hall–Kier alpha value is -3.60. The topological polar surface area (TPSA) is 210 Å². The van der Waals surface area contributed by atoms with E-state index in [1.54, 1.807) is 24.3 Å². The summed E-state index contributed by atoms with van der Waals surface area (Å²) in [7, 11) is 0. The summed E-state index contributed by atoms with van der Waals surface area (Å²) in [5.74, 6) is 1.91. The van der Waals surface area contributed by atoms with E-state index in [0.29, 0.717) is 95.4 Å². The van der Waals surface area contributed by atoms with E-state index in [2.05, 4.69) is 10.5 Å². The Morgan fingerprint density at radius 3 is 2.14 bits per heavy atom. The van der Waals surface area contributed by atoms with E-state index in [1.807, 2.05) is 25.1 Å². The highest BCUT2D eigenvalue weighted by atomic mass is 16.6. The molecule has 0 aliphatic heterocycles. The predicted molar refractivity (Wildman–Crippen MR) is 186 cm³/mol. The van der Waals surface area contributed by atoms with Crippen molar-refractivity contribution in [3.8, 4) is 11.5 Å². The second-order valence-electron chi connectivity index (χ2n) is 10.0. The maximum absolute atomic E-state index is 12.5. The molecular formula is C35H57N2O12+3. The molecule has 0 amide bonds. The van der Waals surface area contributed by atoms with Crippen molar-refractivity contribution < 1.29 is 63.4 Å². The van der Waals surface area contributed by atoms with E-state index >= 15 is 0 Å². The lowest BCUT2D eigenvalue weighted by atomic mass is 10.1. The number of rotatable bonds is 32. The van der Waals surface area contributed by atoms with Crippen molar-refractivity contribution in [2.75, 3.05) is 106 Å². The number of allylic oxidation sites excluding steroid dienone is 5. The third kappa shape index (κ3) is 22.6. The van der Waals surface area contributed by atoms with Crippen molar-refractivity contribution in [3.63, 3.8) is 0 Å². The molecule has 0 aliphatic carbocycles. The van der Waals surface area contributed by atoms with Crippen LogP contribution in [-0.4, -0.2) is 137 Å². The molecule has 1 aromatic carbocycles. The van der Waals surface area contributed by atoms with Gasteiger partial charge in [0.2, 0.25) is 5.76 Å². The highest BCUT2D eigenvalue weighted by Crippen LogP contribution is 2.29. The number of quaternary nitrogens is 1. The van der Waals surface area contributed by atoms with Gasteiger partial charge in [-0.3, -0.25) is 9.59 Å². The minimum Gasteiger partial charge on any atom is -0.579 e. The highest BCUT2D eigenvalue weighted by Gasteiger charge is 2.13. The van der Waals surface area contributed by atoms with Crippen molar-refractivity contribution in [2.24, 2.45) is 5.73 Å². The summed E-state index contributed by atoms with van der Waals surface area (Å²) in [6, 6.07) is 5.37. The van der Waals surface area contributed by atoms with Gasteiger partial charge in [0, 0.05) is 12.2 Å². The van der Waals surface area contributed by atoms with Gasteiger partial charge in [0.05, 0.1) is 72.6 Å². The normalized spacial score (nSPS) is 12.2. The summed E-state index contributed by atoms with van der Waals surface area (Å²) in [5, 5.41) is 17.5. The zero-order valence-electron chi connectivity index (χ0n) is 28.8. The average Bonchev–Trinajstić information content (AvgIpc) is 3.10. The van der Waals surface area contributed by atoms with Crippen LogP contribution >= 0.6 is 0 Å². The lowest BCUT2D eigenvalue weighted by Crippen LogP contribution is -2.52. The fourth-order valence-corrected chi connectivity index (χ4v) is 3.83. The van der Waals surface area contributed by atoms with E-state index in [1.165, 1.54) is 12.2 Å². The number of nitrogens with two attached hydrogens (primary N) is 1. The van der Waals surface area contributed by atoms with Gasteiger partial charge in [0.1, 0.15) is 32.8 Å². The van der Waals surface area contributed by atoms with Gasteiger partial charge in [-0.2, -0.15) is 0 Å². The molecule has 0 saturated carbocycles. The Morgan fingerprint density at radius 1 is 0.878 bits per heavy atom. The van der Waals surface area contributed by atoms with Crippen LogP contribution in [0.15, 0.2) is 60.1 Å². The third-order valence-corrected chi connectivity index (χ3v) is 6.06. The monoisotopic (exact) mass is 697 g/mol.